The lowest BCUT2D eigenvalue weighted by Gasteiger charge is -2.39. The van der Waals surface area contributed by atoms with E-state index in [1.807, 2.05) is 0 Å². The zero-order chi connectivity index (χ0) is 29.8. The van der Waals surface area contributed by atoms with Crippen LogP contribution in [-0.4, -0.2) is 40.9 Å². The van der Waals surface area contributed by atoms with E-state index in [0.29, 0.717) is 23.8 Å². The van der Waals surface area contributed by atoms with E-state index in [9.17, 15) is 5.11 Å². The second-order valence-corrected chi connectivity index (χ2v) is 15.1. The fraction of sp³-hybridized carbons (Fsp3) is 0.789. The van der Waals surface area contributed by atoms with Crippen molar-refractivity contribution in [3.05, 3.63) is 47.0 Å². The molecule has 0 radical (unpaired) electrons. The molecule has 3 aliphatic rings. The first-order valence-corrected chi connectivity index (χ1v) is 17.3. The number of hydrogen-bond donors (Lipinski definition) is 1. The molecule has 3 heteroatoms. The average molecular weight is 566 g/mol. The molecule has 1 spiro atoms. The van der Waals surface area contributed by atoms with Gasteiger partial charge in [-0.05, 0) is 92.9 Å². The average Bonchev–Trinajstić information content (AvgIpc) is 3.44. The zero-order valence-electron chi connectivity index (χ0n) is 27.9. The first-order chi connectivity index (χ1) is 19.5. The third-order valence-electron chi connectivity index (χ3n) is 12.0. The van der Waals surface area contributed by atoms with Crippen molar-refractivity contribution in [2.24, 2.45) is 35.0 Å². The van der Waals surface area contributed by atoms with Gasteiger partial charge in [0.05, 0.1) is 18.3 Å². The molecule has 1 N–H and O–H groups in total. The Morgan fingerprint density at radius 3 is 2.51 bits per heavy atom. The summed E-state index contributed by atoms with van der Waals surface area (Å²) >= 11 is 0. The van der Waals surface area contributed by atoms with Crippen molar-refractivity contribution in [2.75, 3.05) is 13.2 Å². The van der Waals surface area contributed by atoms with E-state index in [1.165, 1.54) is 44.1 Å². The van der Waals surface area contributed by atoms with Crippen LogP contribution in [0.5, 0.6) is 0 Å². The fourth-order valence-electron chi connectivity index (χ4n) is 9.00. The Morgan fingerprint density at radius 2 is 1.85 bits per heavy atom. The van der Waals surface area contributed by atoms with Gasteiger partial charge in [-0.25, -0.2) is 0 Å². The van der Waals surface area contributed by atoms with Crippen LogP contribution in [0.2, 0.25) is 0 Å². The summed E-state index contributed by atoms with van der Waals surface area (Å²) in [4.78, 5) is 2.76. The summed E-state index contributed by atoms with van der Waals surface area (Å²) < 4.78 is 7.02. The Bertz CT molecular complexity index is 985. The third kappa shape index (κ3) is 7.32. The van der Waals surface area contributed by atoms with Crippen LogP contribution < -0.4 is 0 Å². The molecule has 1 unspecified atom stereocenters. The number of ether oxygens (including phenoxy) is 1. The van der Waals surface area contributed by atoms with Crippen LogP contribution in [0, 0.1) is 35.0 Å². The fourth-order valence-corrected chi connectivity index (χ4v) is 9.00. The Hall–Kier alpha value is -1.16. The molecule has 2 aliphatic carbocycles. The molecule has 1 saturated heterocycles. The predicted molar refractivity (Wildman–Crippen MR) is 174 cm³/mol. The van der Waals surface area contributed by atoms with Crippen LogP contribution in [0.15, 0.2) is 41.5 Å². The van der Waals surface area contributed by atoms with Crippen molar-refractivity contribution >= 4 is 0 Å². The molecule has 4 rings (SSSR count). The number of fused-ring (bicyclic) bond motifs is 1. The van der Waals surface area contributed by atoms with Gasteiger partial charge in [0.1, 0.15) is 0 Å². The minimum atomic E-state index is -0.151. The quantitative estimate of drug-likeness (QED) is 0.242. The number of allylic oxidation sites excluding steroid dienone is 1. The van der Waals surface area contributed by atoms with Crippen LogP contribution in [0.25, 0.3) is 0 Å². The van der Waals surface area contributed by atoms with Gasteiger partial charge in [0.25, 0.3) is 0 Å². The van der Waals surface area contributed by atoms with Crippen molar-refractivity contribution in [1.82, 2.24) is 4.90 Å². The normalized spacial score (nSPS) is 32.0. The number of benzene rings is 1. The lowest BCUT2D eigenvalue weighted by Crippen LogP contribution is -2.45. The molecule has 232 valence electrons. The minimum absolute atomic E-state index is 0.0243. The molecule has 0 aromatic heterocycles. The van der Waals surface area contributed by atoms with E-state index >= 15 is 0 Å². The highest BCUT2D eigenvalue weighted by atomic mass is 16.5. The molecular formula is C38H63NO2. The van der Waals surface area contributed by atoms with Gasteiger partial charge in [-0.2, -0.15) is 0 Å². The minimum Gasteiger partial charge on any atom is -0.393 e. The molecule has 3 nitrogen and oxygen atoms in total. The lowest BCUT2D eigenvalue weighted by atomic mass is 9.67. The van der Waals surface area contributed by atoms with Crippen molar-refractivity contribution in [2.45, 2.75) is 144 Å². The van der Waals surface area contributed by atoms with Gasteiger partial charge < -0.3 is 9.84 Å². The lowest BCUT2D eigenvalue weighted by molar-refractivity contribution is -0.0277. The van der Waals surface area contributed by atoms with E-state index in [4.69, 9.17) is 4.74 Å². The first-order valence-electron chi connectivity index (χ1n) is 17.3. The van der Waals surface area contributed by atoms with Crippen molar-refractivity contribution in [1.29, 1.82) is 0 Å². The van der Waals surface area contributed by atoms with Crippen molar-refractivity contribution in [3.8, 4) is 0 Å². The summed E-state index contributed by atoms with van der Waals surface area (Å²) in [6.45, 7) is 22.2. The van der Waals surface area contributed by atoms with Crippen LogP contribution in [-0.2, 0) is 11.3 Å². The van der Waals surface area contributed by atoms with Crippen LogP contribution >= 0.6 is 0 Å². The van der Waals surface area contributed by atoms with Gasteiger partial charge in [-0.15, -0.1) is 0 Å². The van der Waals surface area contributed by atoms with Gasteiger partial charge in [0, 0.05) is 25.0 Å². The van der Waals surface area contributed by atoms with E-state index < -0.39 is 0 Å². The molecule has 8 atom stereocenters. The molecule has 1 heterocycles. The largest absolute Gasteiger partial charge is 0.393 e. The van der Waals surface area contributed by atoms with E-state index in [1.54, 1.807) is 11.1 Å². The third-order valence-corrected chi connectivity index (χ3v) is 12.0. The Kier molecular flexibility index (Phi) is 11.2. The summed E-state index contributed by atoms with van der Waals surface area (Å²) in [7, 11) is 0. The Labute approximate surface area is 253 Å². The van der Waals surface area contributed by atoms with Crippen molar-refractivity contribution in [3.63, 3.8) is 0 Å². The summed E-state index contributed by atoms with van der Waals surface area (Å²) in [5.74, 6) is 3.42. The number of aliphatic hydroxyl groups is 1. The second kappa shape index (κ2) is 14.1. The highest BCUT2D eigenvalue weighted by molar-refractivity contribution is 5.28. The van der Waals surface area contributed by atoms with Gasteiger partial charge >= 0.3 is 0 Å². The van der Waals surface area contributed by atoms with E-state index in [2.05, 4.69) is 90.6 Å². The van der Waals surface area contributed by atoms with Gasteiger partial charge in [0.15, 0.2) is 0 Å². The number of nitrogens with zero attached hydrogens (tertiary/aromatic N) is 1. The van der Waals surface area contributed by atoms with Gasteiger partial charge in [0.2, 0.25) is 0 Å². The van der Waals surface area contributed by atoms with Crippen LogP contribution in [0.1, 0.15) is 125 Å². The second-order valence-electron chi connectivity index (χ2n) is 15.1. The molecular weight excluding hydrogens is 502 g/mol. The smallest absolute Gasteiger partial charge is 0.0761 e. The molecule has 1 aromatic carbocycles. The first kappa shape index (κ1) is 32.7. The summed E-state index contributed by atoms with van der Waals surface area (Å²) in [6, 6.07) is 11.5. The maximum Gasteiger partial charge on any atom is 0.0761 e. The summed E-state index contributed by atoms with van der Waals surface area (Å²) in [5.41, 5.74) is 5.09. The summed E-state index contributed by atoms with van der Waals surface area (Å²) in [5, 5.41) is 10.3. The maximum absolute atomic E-state index is 10.3. The van der Waals surface area contributed by atoms with Crippen molar-refractivity contribution < 1.29 is 9.84 Å². The number of aliphatic hydroxyl groups excluding tert-OH is 1. The number of hydrogen-bond acceptors (Lipinski definition) is 3. The molecule has 0 bridgehead atoms. The molecule has 1 aromatic rings. The maximum atomic E-state index is 10.3. The van der Waals surface area contributed by atoms with E-state index in [-0.39, 0.29) is 17.1 Å². The highest BCUT2D eigenvalue weighted by Gasteiger charge is 2.53. The van der Waals surface area contributed by atoms with Crippen LogP contribution in [0.4, 0.5) is 0 Å². The Balaban J connectivity index is 1.55. The molecule has 1 saturated carbocycles. The zero-order valence-corrected chi connectivity index (χ0v) is 27.9. The highest BCUT2D eigenvalue weighted by Crippen LogP contribution is 2.58. The summed E-state index contributed by atoms with van der Waals surface area (Å²) in [6.07, 6.45) is 11.5. The molecule has 1 aliphatic heterocycles. The number of rotatable bonds is 13. The van der Waals surface area contributed by atoms with Crippen LogP contribution in [0.3, 0.4) is 0 Å². The molecule has 41 heavy (non-hydrogen) atoms. The SMILES string of the molecule is CCCC1[C@@H]2CC[C@@]3(CC(C)=C2C[C@@H]1C(C)(C)CC[C@H](O)CC)OC[C@@H](N(Cc1ccccc1)C[C@@H](C)CC)[C@H]3C. The topological polar surface area (TPSA) is 32.7 Å². The standard InChI is InChI=1S/C38H63NO2/c1-9-15-33-32-19-21-38(23-28(5)34(32)22-35(33)37(7,8)20-18-31(40)11-3)29(6)36(26-41-38)39(24-27(4)10-2)25-30-16-13-12-14-17-30/h12-14,16-17,27,29,31-33,35-36,40H,9-11,15,18-26H2,1-8H3/t27-,29+,31+,32-,33?,35-,36+,38-/m0/s1. The molecule has 2 fully saturated rings. The van der Waals surface area contributed by atoms with E-state index in [0.717, 1.165) is 57.2 Å². The van der Waals surface area contributed by atoms with Gasteiger partial charge in [-0.3, -0.25) is 4.90 Å². The monoisotopic (exact) mass is 565 g/mol. The predicted octanol–water partition coefficient (Wildman–Crippen LogP) is 9.44. The molecule has 0 amide bonds. The Morgan fingerprint density at radius 1 is 1.12 bits per heavy atom. The van der Waals surface area contributed by atoms with Gasteiger partial charge in [-0.1, -0.05) is 103 Å².